The molecule has 0 spiro atoms. The number of benzene rings is 1. The van der Waals surface area contributed by atoms with E-state index >= 15 is 0 Å². The zero-order valence-corrected chi connectivity index (χ0v) is 15.1. The monoisotopic (exact) mass is 360 g/mol. The fraction of sp³-hybridized carbons (Fsp3) is 0.200. The van der Waals surface area contributed by atoms with Crippen molar-refractivity contribution < 1.29 is 13.9 Å². The van der Waals surface area contributed by atoms with Crippen molar-refractivity contribution in [2.75, 3.05) is 7.11 Å². The molecule has 0 atom stereocenters. The summed E-state index contributed by atoms with van der Waals surface area (Å²) in [6.07, 6.45) is 1.25. The van der Waals surface area contributed by atoms with Gasteiger partial charge in [0.1, 0.15) is 12.3 Å². The van der Waals surface area contributed by atoms with Gasteiger partial charge in [0.25, 0.3) is 0 Å². The molecule has 2 aromatic heterocycles. The van der Waals surface area contributed by atoms with Gasteiger partial charge >= 0.3 is 5.97 Å². The molecule has 0 aliphatic heterocycles. The normalized spacial score (nSPS) is 10.3. The summed E-state index contributed by atoms with van der Waals surface area (Å²) < 4.78 is 11.9. The van der Waals surface area contributed by atoms with E-state index < -0.39 is 5.97 Å². The number of ether oxygens (including phenoxy) is 1. The molecule has 0 fully saturated rings. The van der Waals surface area contributed by atoms with Crippen LogP contribution in [0.15, 0.2) is 34.9 Å². The molecule has 0 aliphatic rings. The third-order valence-corrected chi connectivity index (χ3v) is 4.44. The van der Waals surface area contributed by atoms with E-state index in [1.807, 2.05) is 30.5 Å². The summed E-state index contributed by atoms with van der Waals surface area (Å²) in [6, 6.07) is 11.4. The molecule has 0 amide bonds. The van der Waals surface area contributed by atoms with E-state index in [2.05, 4.69) is 21.9 Å². The molecule has 3 rings (SSSR count). The zero-order valence-electron chi connectivity index (χ0n) is 15.1. The Morgan fingerprint density at radius 3 is 2.48 bits per heavy atom. The molecular formula is C20H16N4O3. The van der Waals surface area contributed by atoms with Crippen molar-refractivity contribution in [3.8, 4) is 23.3 Å². The van der Waals surface area contributed by atoms with Gasteiger partial charge in [0.05, 0.1) is 30.9 Å². The number of carbonyl (C=O) groups is 1. The summed E-state index contributed by atoms with van der Waals surface area (Å²) in [5.74, 6) is -0.227. The number of nitriles is 2. The van der Waals surface area contributed by atoms with Crippen LogP contribution in [0.25, 0.3) is 11.1 Å². The number of hydrogen-bond acceptors (Lipinski definition) is 6. The number of oxazole rings is 1. The van der Waals surface area contributed by atoms with Gasteiger partial charge in [0.2, 0.25) is 5.89 Å². The summed E-state index contributed by atoms with van der Waals surface area (Å²) in [6.45, 7) is 4.04. The van der Waals surface area contributed by atoms with Crippen LogP contribution in [-0.2, 0) is 11.3 Å². The molecule has 0 N–H and O–H groups in total. The van der Waals surface area contributed by atoms with Crippen LogP contribution in [0.3, 0.4) is 0 Å². The average Bonchev–Trinajstić information content (AvgIpc) is 3.25. The van der Waals surface area contributed by atoms with Gasteiger partial charge < -0.3 is 13.7 Å². The fourth-order valence-corrected chi connectivity index (χ4v) is 3.04. The van der Waals surface area contributed by atoms with Gasteiger partial charge in [0.15, 0.2) is 5.69 Å². The van der Waals surface area contributed by atoms with E-state index in [0.717, 1.165) is 22.5 Å². The van der Waals surface area contributed by atoms with Gasteiger partial charge in [-0.25, -0.2) is 9.78 Å². The highest BCUT2D eigenvalue weighted by Crippen LogP contribution is 2.32. The first-order valence-corrected chi connectivity index (χ1v) is 8.13. The Kier molecular flexibility index (Phi) is 4.78. The minimum absolute atomic E-state index is 0.0998. The van der Waals surface area contributed by atoms with Crippen LogP contribution in [0.5, 0.6) is 0 Å². The SMILES string of the molecule is COC(=O)c1coc(Cn2c(C)c(C#N)c(-c3ccc(C#N)cc3)c2C)n1. The number of hydrogen-bond donors (Lipinski definition) is 0. The molecule has 134 valence electrons. The number of methoxy groups -OCH3 is 1. The summed E-state index contributed by atoms with van der Waals surface area (Å²) >= 11 is 0. The van der Waals surface area contributed by atoms with Gasteiger partial charge in [-0.1, -0.05) is 12.1 Å². The van der Waals surface area contributed by atoms with Gasteiger partial charge in [-0.15, -0.1) is 0 Å². The third-order valence-electron chi connectivity index (χ3n) is 4.44. The van der Waals surface area contributed by atoms with E-state index in [1.165, 1.54) is 13.4 Å². The van der Waals surface area contributed by atoms with E-state index in [-0.39, 0.29) is 12.2 Å². The van der Waals surface area contributed by atoms with Crippen molar-refractivity contribution >= 4 is 5.97 Å². The molecular weight excluding hydrogens is 344 g/mol. The first-order valence-electron chi connectivity index (χ1n) is 8.13. The number of aromatic nitrogens is 2. The zero-order chi connectivity index (χ0) is 19.6. The molecule has 3 aromatic rings. The number of esters is 1. The molecule has 1 aromatic carbocycles. The van der Waals surface area contributed by atoms with Crippen molar-refractivity contribution in [2.24, 2.45) is 0 Å². The Bertz CT molecular complexity index is 1090. The van der Waals surface area contributed by atoms with Crippen LogP contribution in [0.2, 0.25) is 0 Å². The first kappa shape index (κ1) is 18.0. The molecule has 0 radical (unpaired) electrons. The fourth-order valence-electron chi connectivity index (χ4n) is 3.04. The topological polar surface area (TPSA) is 105 Å². The quantitative estimate of drug-likeness (QED) is 0.661. The summed E-state index contributed by atoms with van der Waals surface area (Å²) in [4.78, 5) is 15.7. The van der Waals surface area contributed by atoms with E-state index in [4.69, 9.17) is 9.68 Å². The maximum absolute atomic E-state index is 11.5. The second-order valence-corrected chi connectivity index (χ2v) is 5.93. The van der Waals surface area contributed by atoms with Crippen molar-refractivity contribution in [3.05, 3.63) is 64.6 Å². The molecule has 7 heteroatoms. The Hall–Kier alpha value is -3.84. The van der Waals surface area contributed by atoms with Crippen LogP contribution in [0.4, 0.5) is 0 Å². The molecule has 0 unspecified atom stereocenters. The van der Waals surface area contributed by atoms with Crippen LogP contribution < -0.4 is 0 Å². The van der Waals surface area contributed by atoms with Crippen LogP contribution >= 0.6 is 0 Å². The minimum atomic E-state index is -0.568. The number of rotatable bonds is 4. The predicted octanol–water partition coefficient (Wildman–Crippen LogP) is 3.34. The minimum Gasteiger partial charge on any atom is -0.464 e. The maximum Gasteiger partial charge on any atom is 0.360 e. The van der Waals surface area contributed by atoms with Crippen LogP contribution in [0.1, 0.15) is 38.9 Å². The lowest BCUT2D eigenvalue weighted by molar-refractivity contribution is 0.0594. The standard InChI is InChI=1S/C20H16N4O3/c1-12-16(9-22)19(15-6-4-14(8-21)5-7-15)13(2)24(12)10-18-23-17(11-27-18)20(25)26-3/h4-7,11H,10H2,1-3H3. The highest BCUT2D eigenvalue weighted by atomic mass is 16.5. The number of nitrogens with zero attached hydrogens (tertiary/aromatic N) is 4. The largest absolute Gasteiger partial charge is 0.464 e. The summed E-state index contributed by atoms with van der Waals surface area (Å²) in [5.41, 5.74) is 4.51. The lowest BCUT2D eigenvalue weighted by Crippen LogP contribution is -2.06. The molecule has 0 saturated carbocycles. The summed E-state index contributed by atoms with van der Waals surface area (Å²) in [7, 11) is 1.28. The highest BCUT2D eigenvalue weighted by Gasteiger charge is 2.21. The lowest BCUT2D eigenvalue weighted by Gasteiger charge is -2.07. The van der Waals surface area contributed by atoms with Gasteiger partial charge in [0, 0.05) is 17.0 Å². The second-order valence-electron chi connectivity index (χ2n) is 5.93. The van der Waals surface area contributed by atoms with Gasteiger partial charge in [-0.2, -0.15) is 10.5 Å². The molecule has 7 nitrogen and oxygen atoms in total. The summed E-state index contributed by atoms with van der Waals surface area (Å²) in [5, 5.41) is 18.6. The van der Waals surface area contributed by atoms with Gasteiger partial charge in [-0.3, -0.25) is 0 Å². The van der Waals surface area contributed by atoms with Crippen molar-refractivity contribution in [1.82, 2.24) is 9.55 Å². The first-order chi connectivity index (χ1) is 13.0. The molecule has 2 heterocycles. The molecule has 0 bridgehead atoms. The lowest BCUT2D eigenvalue weighted by atomic mass is 10.0. The van der Waals surface area contributed by atoms with E-state index in [9.17, 15) is 10.1 Å². The van der Waals surface area contributed by atoms with E-state index in [0.29, 0.717) is 17.0 Å². The van der Waals surface area contributed by atoms with Crippen LogP contribution in [-0.4, -0.2) is 22.6 Å². The predicted molar refractivity (Wildman–Crippen MR) is 95.7 cm³/mol. The average molecular weight is 360 g/mol. The van der Waals surface area contributed by atoms with Crippen molar-refractivity contribution in [3.63, 3.8) is 0 Å². The van der Waals surface area contributed by atoms with Crippen LogP contribution in [0, 0.1) is 36.5 Å². The highest BCUT2D eigenvalue weighted by molar-refractivity contribution is 5.86. The van der Waals surface area contributed by atoms with Gasteiger partial charge in [-0.05, 0) is 31.5 Å². The Morgan fingerprint density at radius 2 is 1.89 bits per heavy atom. The maximum atomic E-state index is 11.5. The van der Waals surface area contributed by atoms with Crippen molar-refractivity contribution in [1.29, 1.82) is 10.5 Å². The van der Waals surface area contributed by atoms with Crippen molar-refractivity contribution in [2.45, 2.75) is 20.4 Å². The second kappa shape index (κ2) is 7.19. The number of carbonyl (C=O) groups excluding carboxylic acids is 1. The smallest absolute Gasteiger partial charge is 0.360 e. The molecule has 0 saturated heterocycles. The van der Waals surface area contributed by atoms with E-state index in [1.54, 1.807) is 12.1 Å². The third kappa shape index (κ3) is 3.19. The Labute approximate surface area is 156 Å². The Morgan fingerprint density at radius 1 is 1.19 bits per heavy atom. The molecule has 0 aliphatic carbocycles. The Balaban J connectivity index is 2.03. The molecule has 27 heavy (non-hydrogen) atoms.